The Bertz CT molecular complexity index is 1960. The molecular formula is C34H37FN4O6S. The van der Waals surface area contributed by atoms with Crippen molar-refractivity contribution in [1.29, 1.82) is 0 Å². The molecule has 10 nitrogen and oxygen atoms in total. The first-order valence-corrected chi connectivity index (χ1v) is 16.9. The van der Waals surface area contributed by atoms with E-state index in [9.17, 15) is 17.9 Å². The number of hydrogen-bond acceptors (Lipinski definition) is 8. The van der Waals surface area contributed by atoms with E-state index in [1.807, 2.05) is 30.3 Å². The summed E-state index contributed by atoms with van der Waals surface area (Å²) in [7, 11) is -0.626. The Morgan fingerprint density at radius 2 is 1.70 bits per heavy atom. The normalized spacial score (nSPS) is 14.2. The van der Waals surface area contributed by atoms with Crippen LogP contribution in [0.5, 0.6) is 17.4 Å². The highest BCUT2D eigenvalue weighted by Gasteiger charge is 2.28. The number of pyridine rings is 1. The fraction of sp³-hybridized carbons (Fsp3) is 0.324. The van der Waals surface area contributed by atoms with Gasteiger partial charge in [-0.05, 0) is 53.4 Å². The second kappa shape index (κ2) is 13.1. The zero-order chi connectivity index (χ0) is 32.4. The Morgan fingerprint density at radius 1 is 1.00 bits per heavy atom. The number of methoxy groups -OCH3 is 1. The number of aromatic nitrogens is 2. The van der Waals surface area contributed by atoms with Gasteiger partial charge in [-0.2, -0.15) is 0 Å². The molecule has 12 heteroatoms. The van der Waals surface area contributed by atoms with Crippen LogP contribution >= 0.6 is 0 Å². The fourth-order valence-electron chi connectivity index (χ4n) is 5.78. The highest BCUT2D eigenvalue weighted by atomic mass is 32.2. The minimum atomic E-state index is -3.72. The predicted molar refractivity (Wildman–Crippen MR) is 176 cm³/mol. The molecule has 3 aromatic carbocycles. The van der Waals surface area contributed by atoms with Gasteiger partial charge in [0.1, 0.15) is 23.7 Å². The van der Waals surface area contributed by atoms with E-state index in [-0.39, 0.29) is 18.3 Å². The lowest BCUT2D eigenvalue weighted by atomic mass is 10.0. The molecule has 2 aromatic heterocycles. The number of sulfonamides is 1. The van der Waals surface area contributed by atoms with Gasteiger partial charge in [0.25, 0.3) is 0 Å². The molecule has 1 N–H and O–H groups in total. The lowest BCUT2D eigenvalue weighted by Gasteiger charge is -2.26. The molecule has 3 heterocycles. The predicted octanol–water partition coefficient (Wildman–Crippen LogP) is 4.94. The number of nitrogens with zero attached hydrogens (tertiary/aromatic N) is 4. The lowest BCUT2D eigenvalue weighted by molar-refractivity contribution is 0.0362. The average Bonchev–Trinajstić information content (AvgIpc) is 3.38. The van der Waals surface area contributed by atoms with Crippen molar-refractivity contribution in [3.8, 4) is 17.4 Å². The smallest absolute Gasteiger partial charge is 0.232 e. The minimum Gasteiger partial charge on any atom is -0.497 e. The van der Waals surface area contributed by atoms with Crippen molar-refractivity contribution in [3.63, 3.8) is 0 Å². The summed E-state index contributed by atoms with van der Waals surface area (Å²) < 4.78 is 59.8. The van der Waals surface area contributed by atoms with Crippen molar-refractivity contribution in [1.82, 2.24) is 14.5 Å². The van der Waals surface area contributed by atoms with E-state index in [1.165, 1.54) is 23.5 Å². The monoisotopic (exact) mass is 648 g/mol. The maximum absolute atomic E-state index is 13.6. The van der Waals surface area contributed by atoms with Gasteiger partial charge in [-0.15, -0.1) is 0 Å². The van der Waals surface area contributed by atoms with Gasteiger partial charge in [-0.1, -0.05) is 24.3 Å². The number of anilines is 1. The van der Waals surface area contributed by atoms with E-state index in [0.717, 1.165) is 41.8 Å². The summed E-state index contributed by atoms with van der Waals surface area (Å²) in [6.07, 6.45) is 5.09. The molecule has 1 aliphatic heterocycles. The Morgan fingerprint density at radius 3 is 2.37 bits per heavy atom. The van der Waals surface area contributed by atoms with Crippen LogP contribution in [0.3, 0.4) is 0 Å². The third kappa shape index (κ3) is 6.60. The molecule has 1 fully saturated rings. The van der Waals surface area contributed by atoms with Crippen molar-refractivity contribution in [3.05, 3.63) is 89.5 Å². The third-order valence-corrected chi connectivity index (χ3v) is 9.56. The molecule has 0 bridgehead atoms. The van der Waals surface area contributed by atoms with E-state index in [0.29, 0.717) is 65.8 Å². The van der Waals surface area contributed by atoms with Crippen LogP contribution in [0.25, 0.3) is 21.7 Å². The molecule has 242 valence electrons. The lowest BCUT2D eigenvalue weighted by Crippen LogP contribution is -2.38. The first kappa shape index (κ1) is 31.6. The Labute approximate surface area is 267 Å². The molecule has 46 heavy (non-hydrogen) atoms. The third-order valence-electron chi connectivity index (χ3n) is 8.38. The zero-order valence-electron chi connectivity index (χ0n) is 26.1. The Kier molecular flexibility index (Phi) is 9.03. The maximum atomic E-state index is 13.6. The van der Waals surface area contributed by atoms with E-state index < -0.39 is 10.0 Å². The zero-order valence-corrected chi connectivity index (χ0v) is 26.9. The van der Waals surface area contributed by atoms with Gasteiger partial charge in [0, 0.05) is 56.4 Å². The largest absolute Gasteiger partial charge is 0.497 e. The number of fused-ring (bicyclic) bond motifs is 2. The second-order valence-corrected chi connectivity index (χ2v) is 13.5. The van der Waals surface area contributed by atoms with Crippen LogP contribution in [0.2, 0.25) is 0 Å². The van der Waals surface area contributed by atoms with Crippen molar-refractivity contribution in [2.75, 3.05) is 57.6 Å². The molecule has 0 spiro atoms. The van der Waals surface area contributed by atoms with E-state index in [2.05, 4.69) is 4.90 Å². The Hall–Kier alpha value is -4.39. The van der Waals surface area contributed by atoms with Gasteiger partial charge >= 0.3 is 0 Å². The molecule has 5 aromatic rings. The summed E-state index contributed by atoms with van der Waals surface area (Å²) in [5, 5.41) is 13.2. The standard InChI is InChI=1S/C34H37FN4O6S/c1-37(46(3,41)42)32-28-19-25(18-23-4-8-26(35)9-5-23)20-36-31(28)33(45-22-24-6-10-27(43-2)11-7-24)30-29(32)21-39(34(30)40)13-12-38-14-16-44-17-15-38/h4-11,19-21,40H,12-18,22H2,1-3H3. The van der Waals surface area contributed by atoms with Gasteiger partial charge < -0.3 is 23.9 Å². The number of hydrogen-bond donors (Lipinski definition) is 1. The van der Waals surface area contributed by atoms with Crippen LogP contribution < -0.4 is 13.8 Å². The number of halogens is 1. The molecule has 0 radical (unpaired) electrons. The van der Waals surface area contributed by atoms with E-state index in [4.69, 9.17) is 19.2 Å². The second-order valence-electron chi connectivity index (χ2n) is 11.5. The van der Waals surface area contributed by atoms with Crippen molar-refractivity contribution in [2.24, 2.45) is 0 Å². The molecular weight excluding hydrogens is 611 g/mol. The van der Waals surface area contributed by atoms with Crippen LogP contribution in [-0.4, -0.2) is 81.2 Å². The molecule has 0 atom stereocenters. The SMILES string of the molecule is COc1ccc(COc2c3ncc(Cc4ccc(F)cc4)cc3c(N(C)S(C)(=O)=O)c3cn(CCN4CCOCC4)c(O)c23)cc1. The fourth-order valence-corrected chi connectivity index (χ4v) is 6.31. The summed E-state index contributed by atoms with van der Waals surface area (Å²) in [5.41, 5.74) is 3.36. The van der Waals surface area contributed by atoms with Crippen molar-refractivity contribution >= 4 is 37.4 Å². The molecule has 0 saturated carbocycles. The van der Waals surface area contributed by atoms with Crippen molar-refractivity contribution < 1.29 is 32.1 Å². The Balaban J connectivity index is 1.52. The number of aromatic hydroxyl groups is 1. The first-order valence-electron chi connectivity index (χ1n) is 15.0. The maximum Gasteiger partial charge on any atom is 0.232 e. The summed E-state index contributed by atoms with van der Waals surface area (Å²) in [4.78, 5) is 7.06. The minimum absolute atomic E-state index is 0.0322. The highest BCUT2D eigenvalue weighted by Crippen LogP contribution is 2.47. The summed E-state index contributed by atoms with van der Waals surface area (Å²) in [6, 6.07) is 15.6. The van der Waals surface area contributed by atoms with Crippen LogP contribution in [0.4, 0.5) is 10.1 Å². The van der Waals surface area contributed by atoms with Gasteiger partial charge in [0.05, 0.1) is 37.7 Å². The number of benzene rings is 3. The topological polar surface area (TPSA) is 106 Å². The average molecular weight is 649 g/mol. The molecule has 6 rings (SSSR count). The number of rotatable bonds is 11. The summed E-state index contributed by atoms with van der Waals surface area (Å²) >= 11 is 0. The molecule has 0 amide bonds. The number of ether oxygens (including phenoxy) is 3. The van der Waals surface area contributed by atoms with Crippen molar-refractivity contribution in [2.45, 2.75) is 19.6 Å². The number of morpholine rings is 1. The molecule has 0 aliphatic carbocycles. The van der Waals surface area contributed by atoms with Crippen LogP contribution in [-0.2, 0) is 34.3 Å². The van der Waals surface area contributed by atoms with Gasteiger partial charge in [-0.3, -0.25) is 14.2 Å². The van der Waals surface area contributed by atoms with Gasteiger partial charge in [0.15, 0.2) is 5.75 Å². The van der Waals surface area contributed by atoms with Crippen LogP contribution in [0, 0.1) is 5.82 Å². The summed E-state index contributed by atoms with van der Waals surface area (Å²) in [5.74, 6) is 0.712. The molecule has 0 unspecified atom stereocenters. The van der Waals surface area contributed by atoms with Crippen LogP contribution in [0.15, 0.2) is 67.0 Å². The first-order chi connectivity index (χ1) is 22.1. The molecule has 1 aliphatic rings. The summed E-state index contributed by atoms with van der Waals surface area (Å²) in [6.45, 7) is 4.23. The van der Waals surface area contributed by atoms with E-state index >= 15 is 0 Å². The van der Waals surface area contributed by atoms with Crippen LogP contribution in [0.1, 0.15) is 16.7 Å². The highest BCUT2D eigenvalue weighted by molar-refractivity contribution is 7.92. The quantitative estimate of drug-likeness (QED) is 0.215. The van der Waals surface area contributed by atoms with Gasteiger partial charge in [0.2, 0.25) is 15.9 Å². The molecule has 1 saturated heterocycles. The van der Waals surface area contributed by atoms with E-state index in [1.54, 1.807) is 36.2 Å². The van der Waals surface area contributed by atoms with Gasteiger partial charge in [-0.25, -0.2) is 12.8 Å².